The van der Waals surface area contributed by atoms with Crippen molar-refractivity contribution in [1.82, 2.24) is 19.8 Å². The number of likely N-dealkylation sites (tertiary alicyclic amines) is 1. The average Bonchev–Trinajstić information content (AvgIpc) is 3.24. The zero-order chi connectivity index (χ0) is 19.4. The Kier molecular flexibility index (Phi) is 6.44. The summed E-state index contributed by atoms with van der Waals surface area (Å²) < 4.78 is 0. The Morgan fingerprint density at radius 3 is 2.78 bits per heavy atom. The van der Waals surface area contributed by atoms with Crippen molar-refractivity contribution < 1.29 is 4.79 Å². The number of likely N-dealkylation sites (N-methyl/N-ethyl adjacent to an activating group) is 1. The lowest BCUT2D eigenvalue weighted by atomic mass is 10.1. The molecular formula is C20H29N5OS. The topological polar surface area (TPSA) is 61.4 Å². The Hall–Kier alpha value is -1.99. The van der Waals surface area contributed by atoms with Gasteiger partial charge in [-0.1, -0.05) is 0 Å². The second-order valence-electron chi connectivity index (χ2n) is 7.02. The molecule has 0 saturated carbocycles. The highest BCUT2D eigenvalue weighted by atomic mass is 32.1. The van der Waals surface area contributed by atoms with E-state index in [1.54, 1.807) is 11.3 Å². The van der Waals surface area contributed by atoms with Crippen molar-refractivity contribution in [3.8, 4) is 0 Å². The van der Waals surface area contributed by atoms with Crippen LogP contribution in [0.15, 0.2) is 18.3 Å². The number of hydrogen-bond acceptors (Lipinski definition) is 6. The van der Waals surface area contributed by atoms with Crippen molar-refractivity contribution in [2.45, 2.75) is 46.6 Å². The summed E-state index contributed by atoms with van der Waals surface area (Å²) in [5, 5.41) is 4.29. The van der Waals surface area contributed by atoms with Gasteiger partial charge in [0.25, 0.3) is 0 Å². The van der Waals surface area contributed by atoms with E-state index in [4.69, 9.17) is 4.98 Å². The van der Waals surface area contributed by atoms with Gasteiger partial charge in [0.1, 0.15) is 0 Å². The molecule has 2 aromatic heterocycles. The van der Waals surface area contributed by atoms with E-state index in [1.807, 2.05) is 37.9 Å². The molecule has 0 aliphatic carbocycles. The van der Waals surface area contributed by atoms with Crippen LogP contribution in [0.4, 0.5) is 10.8 Å². The number of pyridine rings is 1. The molecule has 3 rings (SSSR count). The molecule has 1 aliphatic heterocycles. The second kappa shape index (κ2) is 8.80. The fraction of sp³-hybridized carbons (Fsp3) is 0.550. The molecule has 1 fully saturated rings. The molecule has 7 heteroatoms. The van der Waals surface area contributed by atoms with Gasteiger partial charge in [0.2, 0.25) is 5.91 Å². The quantitative estimate of drug-likeness (QED) is 0.781. The molecule has 1 N–H and O–H groups in total. The summed E-state index contributed by atoms with van der Waals surface area (Å²) in [7, 11) is 0. The Morgan fingerprint density at radius 1 is 1.33 bits per heavy atom. The van der Waals surface area contributed by atoms with Crippen molar-refractivity contribution in [2.24, 2.45) is 0 Å². The van der Waals surface area contributed by atoms with Crippen molar-refractivity contribution in [2.75, 3.05) is 31.5 Å². The van der Waals surface area contributed by atoms with E-state index < -0.39 is 0 Å². The number of hydrogen-bond donors (Lipinski definition) is 1. The van der Waals surface area contributed by atoms with Crippen LogP contribution in [0, 0.1) is 13.8 Å². The number of thiazole rings is 1. The molecule has 1 amide bonds. The summed E-state index contributed by atoms with van der Waals surface area (Å²) in [5.74, 6) is 0.205. The fourth-order valence-corrected chi connectivity index (χ4v) is 4.36. The first kappa shape index (κ1) is 19.8. The molecule has 146 valence electrons. The highest BCUT2D eigenvalue weighted by Crippen LogP contribution is 2.33. The van der Waals surface area contributed by atoms with Gasteiger partial charge in [0.05, 0.1) is 18.3 Å². The molecule has 1 saturated heterocycles. The second-order valence-corrected chi connectivity index (χ2v) is 8.25. The van der Waals surface area contributed by atoms with Crippen LogP contribution in [0.3, 0.4) is 0 Å². The van der Waals surface area contributed by atoms with Crippen molar-refractivity contribution in [1.29, 1.82) is 0 Å². The Morgan fingerprint density at radius 2 is 2.11 bits per heavy atom. The number of carbonyl (C=O) groups excluding carboxylic acids is 1. The smallest absolute Gasteiger partial charge is 0.236 e. The molecule has 2 aromatic rings. The maximum absolute atomic E-state index is 12.6. The van der Waals surface area contributed by atoms with Gasteiger partial charge >= 0.3 is 0 Å². The lowest BCUT2D eigenvalue weighted by molar-refractivity contribution is -0.132. The SMILES string of the molecule is CCN(CC)C(=O)CN1CCCC1c1cc(Nc2ncc(C)s2)cc(C)n1. The van der Waals surface area contributed by atoms with Crippen LogP contribution in [0.25, 0.3) is 0 Å². The lowest BCUT2D eigenvalue weighted by Crippen LogP contribution is -2.40. The van der Waals surface area contributed by atoms with Crippen LogP contribution in [0.2, 0.25) is 0 Å². The van der Waals surface area contributed by atoms with Crippen molar-refractivity contribution in [3.63, 3.8) is 0 Å². The molecule has 0 spiro atoms. The van der Waals surface area contributed by atoms with Crippen LogP contribution in [0.5, 0.6) is 0 Å². The maximum Gasteiger partial charge on any atom is 0.236 e. The predicted molar refractivity (Wildman–Crippen MR) is 111 cm³/mol. The third-order valence-corrected chi connectivity index (χ3v) is 5.83. The average molecular weight is 388 g/mol. The van der Waals surface area contributed by atoms with Crippen molar-refractivity contribution in [3.05, 3.63) is 34.6 Å². The minimum atomic E-state index is 0.197. The fourth-order valence-electron chi connectivity index (χ4n) is 3.67. The molecule has 27 heavy (non-hydrogen) atoms. The monoisotopic (exact) mass is 387 g/mol. The number of nitrogens with zero attached hydrogens (tertiary/aromatic N) is 4. The van der Waals surface area contributed by atoms with Gasteiger partial charge < -0.3 is 10.2 Å². The molecule has 1 atom stereocenters. The summed E-state index contributed by atoms with van der Waals surface area (Å²) in [6, 6.07) is 4.35. The summed E-state index contributed by atoms with van der Waals surface area (Å²) in [4.78, 5) is 27.1. The number of aromatic nitrogens is 2. The van der Waals surface area contributed by atoms with E-state index in [1.165, 1.54) is 4.88 Å². The number of rotatable bonds is 7. The molecule has 3 heterocycles. The van der Waals surface area contributed by atoms with Crippen LogP contribution in [-0.2, 0) is 4.79 Å². The summed E-state index contributed by atoms with van der Waals surface area (Å²) in [6.07, 6.45) is 4.01. The van der Waals surface area contributed by atoms with E-state index in [9.17, 15) is 4.79 Å². The molecule has 1 aliphatic rings. The minimum Gasteiger partial charge on any atom is -0.342 e. The summed E-state index contributed by atoms with van der Waals surface area (Å²) in [5.41, 5.74) is 3.02. The number of carbonyl (C=O) groups is 1. The number of amides is 1. The number of anilines is 2. The van der Waals surface area contributed by atoms with Crippen LogP contribution < -0.4 is 5.32 Å². The first-order chi connectivity index (χ1) is 13.0. The first-order valence-electron chi connectivity index (χ1n) is 9.70. The van der Waals surface area contributed by atoms with E-state index in [0.717, 1.165) is 54.7 Å². The highest BCUT2D eigenvalue weighted by Gasteiger charge is 2.30. The zero-order valence-corrected chi connectivity index (χ0v) is 17.5. The van der Waals surface area contributed by atoms with Gasteiger partial charge in [0, 0.05) is 35.5 Å². The van der Waals surface area contributed by atoms with Gasteiger partial charge in [-0.25, -0.2) is 4.98 Å². The molecule has 1 unspecified atom stereocenters. The molecule has 6 nitrogen and oxygen atoms in total. The van der Waals surface area contributed by atoms with Gasteiger partial charge in [0.15, 0.2) is 5.13 Å². The Labute approximate surface area is 165 Å². The van der Waals surface area contributed by atoms with E-state index >= 15 is 0 Å². The van der Waals surface area contributed by atoms with Crippen LogP contribution in [-0.4, -0.2) is 51.9 Å². The van der Waals surface area contributed by atoms with Gasteiger partial charge in [-0.15, -0.1) is 11.3 Å². The number of nitrogens with one attached hydrogen (secondary N) is 1. The van der Waals surface area contributed by atoms with E-state index in [-0.39, 0.29) is 11.9 Å². The zero-order valence-electron chi connectivity index (χ0n) is 16.7. The van der Waals surface area contributed by atoms with E-state index in [0.29, 0.717) is 6.54 Å². The van der Waals surface area contributed by atoms with E-state index in [2.05, 4.69) is 28.2 Å². The maximum atomic E-state index is 12.6. The minimum absolute atomic E-state index is 0.197. The third kappa shape index (κ3) is 4.84. The highest BCUT2D eigenvalue weighted by molar-refractivity contribution is 7.15. The van der Waals surface area contributed by atoms with Gasteiger partial charge in [-0.05, 0) is 59.2 Å². The molecule has 0 aromatic carbocycles. The van der Waals surface area contributed by atoms with Crippen LogP contribution >= 0.6 is 11.3 Å². The molecular weight excluding hydrogens is 358 g/mol. The Balaban J connectivity index is 1.76. The normalized spacial score (nSPS) is 17.3. The summed E-state index contributed by atoms with van der Waals surface area (Å²) in [6.45, 7) is 11.1. The van der Waals surface area contributed by atoms with Crippen molar-refractivity contribution >= 4 is 28.1 Å². The largest absolute Gasteiger partial charge is 0.342 e. The standard InChI is InChI=1S/C20H29N5OS/c1-5-24(6-2)19(26)13-25-9-7-8-18(25)17-11-16(10-14(3)22-17)23-20-21-12-15(4)27-20/h10-12,18H,5-9,13H2,1-4H3,(H,21,22,23). The number of aryl methyl sites for hydroxylation is 2. The third-order valence-electron chi connectivity index (χ3n) is 5.01. The van der Waals surface area contributed by atoms with Crippen LogP contribution in [0.1, 0.15) is 49.0 Å². The first-order valence-corrected chi connectivity index (χ1v) is 10.5. The summed E-state index contributed by atoms with van der Waals surface area (Å²) >= 11 is 1.64. The molecule has 0 radical (unpaired) electrons. The molecule has 0 bridgehead atoms. The van der Waals surface area contributed by atoms with Gasteiger partial charge in [-0.3, -0.25) is 14.7 Å². The Bertz CT molecular complexity index is 786. The lowest BCUT2D eigenvalue weighted by Gasteiger charge is -2.27. The predicted octanol–water partition coefficient (Wildman–Crippen LogP) is 3.90. The van der Waals surface area contributed by atoms with Gasteiger partial charge in [-0.2, -0.15) is 0 Å².